The Morgan fingerprint density at radius 3 is 2.89 bits per heavy atom. The highest BCUT2D eigenvalue weighted by atomic mass is 16.7. The Morgan fingerprint density at radius 2 is 2.16 bits per heavy atom. The predicted molar refractivity (Wildman–Crippen MR) is 69.8 cm³/mol. The predicted octanol–water partition coefficient (Wildman–Crippen LogP) is 1.69. The smallest absolute Gasteiger partial charge is 0.231 e. The molecule has 5 heteroatoms. The second kappa shape index (κ2) is 5.67. The Labute approximate surface area is 112 Å². The molecule has 2 heterocycles. The lowest BCUT2D eigenvalue weighted by Crippen LogP contribution is -2.17. The molecule has 5 nitrogen and oxygen atoms in total. The summed E-state index contributed by atoms with van der Waals surface area (Å²) in [6, 6.07) is 3.88. The third-order valence-electron chi connectivity index (χ3n) is 3.37. The number of hydrogen-bond donors (Lipinski definition) is 1. The molecule has 0 spiro atoms. The topological polar surface area (TPSA) is 49.0 Å². The van der Waals surface area contributed by atoms with Gasteiger partial charge in [-0.2, -0.15) is 0 Å². The Kier molecular flexibility index (Phi) is 3.75. The zero-order valence-corrected chi connectivity index (χ0v) is 11.1. The normalized spacial score (nSPS) is 20.8. The van der Waals surface area contributed by atoms with Gasteiger partial charge in [-0.1, -0.05) is 0 Å². The van der Waals surface area contributed by atoms with Gasteiger partial charge in [0.1, 0.15) is 12.4 Å². The van der Waals surface area contributed by atoms with E-state index >= 15 is 0 Å². The van der Waals surface area contributed by atoms with Crippen LogP contribution in [-0.2, 0) is 11.3 Å². The van der Waals surface area contributed by atoms with Crippen molar-refractivity contribution in [1.29, 1.82) is 0 Å². The molecule has 0 aromatic heterocycles. The number of hydrogen-bond acceptors (Lipinski definition) is 5. The van der Waals surface area contributed by atoms with E-state index in [2.05, 4.69) is 5.32 Å². The van der Waals surface area contributed by atoms with Crippen LogP contribution in [-0.4, -0.2) is 33.2 Å². The van der Waals surface area contributed by atoms with Crippen LogP contribution in [0, 0.1) is 0 Å². The first-order valence-corrected chi connectivity index (χ1v) is 6.68. The summed E-state index contributed by atoms with van der Waals surface area (Å²) in [5.74, 6) is 2.38. The van der Waals surface area contributed by atoms with Gasteiger partial charge in [0.2, 0.25) is 6.79 Å². The standard InChI is InChI=1S/C14H19NO4/c1-15-7-10-5-13-14(19-9-18-13)6-12(10)17-8-11-3-2-4-16-11/h5-6,11,15H,2-4,7-9H2,1H3. The van der Waals surface area contributed by atoms with E-state index in [1.165, 1.54) is 0 Å². The maximum absolute atomic E-state index is 5.90. The second-order valence-corrected chi connectivity index (χ2v) is 4.79. The summed E-state index contributed by atoms with van der Waals surface area (Å²) in [5.41, 5.74) is 1.07. The van der Waals surface area contributed by atoms with Crippen LogP contribution in [0.1, 0.15) is 18.4 Å². The molecule has 0 radical (unpaired) electrons. The highest BCUT2D eigenvalue weighted by molar-refractivity contribution is 5.51. The molecule has 1 saturated heterocycles. The van der Waals surface area contributed by atoms with Crippen molar-refractivity contribution in [2.75, 3.05) is 27.1 Å². The van der Waals surface area contributed by atoms with Crippen molar-refractivity contribution < 1.29 is 18.9 Å². The molecule has 1 unspecified atom stereocenters. The average Bonchev–Trinajstić information content (AvgIpc) is 3.07. The largest absolute Gasteiger partial charge is 0.490 e. The van der Waals surface area contributed by atoms with Gasteiger partial charge >= 0.3 is 0 Å². The summed E-state index contributed by atoms with van der Waals surface area (Å²) < 4.78 is 22.2. The van der Waals surface area contributed by atoms with E-state index in [0.717, 1.165) is 48.8 Å². The Hall–Kier alpha value is -1.46. The number of nitrogens with one attached hydrogen (secondary N) is 1. The third-order valence-corrected chi connectivity index (χ3v) is 3.37. The minimum absolute atomic E-state index is 0.216. The minimum atomic E-state index is 0.216. The van der Waals surface area contributed by atoms with Crippen molar-refractivity contribution in [3.8, 4) is 17.2 Å². The van der Waals surface area contributed by atoms with E-state index in [1.54, 1.807) is 0 Å². The maximum Gasteiger partial charge on any atom is 0.231 e. The Bertz CT molecular complexity index is 443. The van der Waals surface area contributed by atoms with Gasteiger partial charge in [0.15, 0.2) is 11.5 Å². The molecule has 0 aliphatic carbocycles. The van der Waals surface area contributed by atoms with Crippen LogP contribution in [0.25, 0.3) is 0 Å². The van der Waals surface area contributed by atoms with Crippen LogP contribution in [0.5, 0.6) is 17.2 Å². The van der Waals surface area contributed by atoms with Gasteiger partial charge in [0.25, 0.3) is 0 Å². The van der Waals surface area contributed by atoms with Crippen molar-refractivity contribution in [3.05, 3.63) is 17.7 Å². The summed E-state index contributed by atoms with van der Waals surface area (Å²) >= 11 is 0. The molecule has 104 valence electrons. The van der Waals surface area contributed by atoms with E-state index in [1.807, 2.05) is 19.2 Å². The number of rotatable bonds is 5. The first kappa shape index (κ1) is 12.6. The summed E-state index contributed by atoms with van der Waals surface area (Å²) in [7, 11) is 1.91. The summed E-state index contributed by atoms with van der Waals surface area (Å²) in [6.07, 6.45) is 2.41. The summed E-state index contributed by atoms with van der Waals surface area (Å²) in [5, 5.41) is 3.14. The highest BCUT2D eigenvalue weighted by Gasteiger charge is 2.20. The lowest BCUT2D eigenvalue weighted by atomic mass is 10.1. The van der Waals surface area contributed by atoms with Crippen molar-refractivity contribution >= 4 is 0 Å². The van der Waals surface area contributed by atoms with Gasteiger partial charge in [-0.3, -0.25) is 0 Å². The molecule has 0 bridgehead atoms. The van der Waals surface area contributed by atoms with Crippen LogP contribution in [0.4, 0.5) is 0 Å². The lowest BCUT2D eigenvalue weighted by molar-refractivity contribution is 0.0675. The SMILES string of the molecule is CNCc1cc2c(cc1OCC1CCCO1)OCO2. The van der Waals surface area contributed by atoms with Crippen LogP contribution < -0.4 is 19.5 Å². The molecular weight excluding hydrogens is 246 g/mol. The molecule has 1 fully saturated rings. The Morgan fingerprint density at radius 1 is 1.32 bits per heavy atom. The molecular formula is C14H19NO4. The third kappa shape index (κ3) is 2.77. The zero-order valence-electron chi connectivity index (χ0n) is 11.1. The van der Waals surface area contributed by atoms with Gasteiger partial charge in [0.05, 0.1) is 6.10 Å². The fourth-order valence-corrected chi connectivity index (χ4v) is 2.39. The van der Waals surface area contributed by atoms with Gasteiger partial charge in [-0.15, -0.1) is 0 Å². The van der Waals surface area contributed by atoms with E-state index in [9.17, 15) is 0 Å². The number of ether oxygens (including phenoxy) is 4. The van der Waals surface area contributed by atoms with Crippen molar-refractivity contribution in [3.63, 3.8) is 0 Å². The lowest BCUT2D eigenvalue weighted by Gasteiger charge is -2.15. The molecule has 1 aromatic rings. The fraction of sp³-hybridized carbons (Fsp3) is 0.571. The number of benzene rings is 1. The first-order valence-electron chi connectivity index (χ1n) is 6.68. The van der Waals surface area contributed by atoms with E-state index < -0.39 is 0 Å². The van der Waals surface area contributed by atoms with Gasteiger partial charge in [0, 0.05) is 24.8 Å². The van der Waals surface area contributed by atoms with E-state index in [-0.39, 0.29) is 12.9 Å². The van der Waals surface area contributed by atoms with Gasteiger partial charge in [-0.25, -0.2) is 0 Å². The molecule has 3 rings (SSSR count). The summed E-state index contributed by atoms with van der Waals surface area (Å²) in [6.45, 7) is 2.45. The molecule has 2 aliphatic rings. The maximum atomic E-state index is 5.90. The first-order chi connectivity index (χ1) is 9.36. The monoisotopic (exact) mass is 265 g/mol. The molecule has 1 atom stereocenters. The summed E-state index contributed by atoms with van der Waals surface area (Å²) in [4.78, 5) is 0. The van der Waals surface area contributed by atoms with E-state index in [4.69, 9.17) is 18.9 Å². The molecule has 1 N–H and O–H groups in total. The molecule has 0 saturated carbocycles. The molecule has 2 aliphatic heterocycles. The van der Waals surface area contributed by atoms with Gasteiger partial charge < -0.3 is 24.3 Å². The van der Waals surface area contributed by atoms with Crippen molar-refractivity contribution in [2.24, 2.45) is 0 Å². The van der Waals surface area contributed by atoms with Gasteiger partial charge in [-0.05, 0) is 26.0 Å². The zero-order chi connectivity index (χ0) is 13.1. The van der Waals surface area contributed by atoms with Crippen LogP contribution in [0.15, 0.2) is 12.1 Å². The second-order valence-electron chi connectivity index (χ2n) is 4.79. The molecule has 19 heavy (non-hydrogen) atoms. The minimum Gasteiger partial charge on any atom is -0.490 e. The van der Waals surface area contributed by atoms with E-state index in [0.29, 0.717) is 6.61 Å². The Balaban J connectivity index is 1.73. The quantitative estimate of drug-likeness (QED) is 0.878. The van der Waals surface area contributed by atoms with Crippen molar-refractivity contribution in [2.45, 2.75) is 25.5 Å². The van der Waals surface area contributed by atoms with Crippen LogP contribution in [0.2, 0.25) is 0 Å². The fourth-order valence-electron chi connectivity index (χ4n) is 2.39. The van der Waals surface area contributed by atoms with Crippen LogP contribution in [0.3, 0.4) is 0 Å². The highest BCUT2D eigenvalue weighted by Crippen LogP contribution is 2.38. The number of fused-ring (bicyclic) bond motifs is 1. The molecule has 0 amide bonds. The van der Waals surface area contributed by atoms with Crippen LogP contribution >= 0.6 is 0 Å². The molecule has 1 aromatic carbocycles. The average molecular weight is 265 g/mol. The van der Waals surface area contributed by atoms with Crippen molar-refractivity contribution in [1.82, 2.24) is 5.32 Å².